The van der Waals surface area contributed by atoms with Crippen LogP contribution >= 0.6 is 44.1 Å². The van der Waals surface area contributed by atoms with Gasteiger partial charge >= 0.3 is 0 Å². The number of rotatable bonds is 5. The predicted molar refractivity (Wildman–Crippen MR) is 87.6 cm³/mol. The van der Waals surface area contributed by atoms with E-state index in [-0.39, 0.29) is 15.8 Å². The maximum absolute atomic E-state index is 12.3. The van der Waals surface area contributed by atoms with Crippen LogP contribution in [0.3, 0.4) is 0 Å². The lowest BCUT2D eigenvalue weighted by atomic mass is 10.1. The van der Waals surface area contributed by atoms with Crippen LogP contribution in [-0.2, 0) is 10.0 Å². The summed E-state index contributed by atoms with van der Waals surface area (Å²) in [6.45, 7) is 3.70. The third kappa shape index (κ3) is 4.49. The van der Waals surface area contributed by atoms with Gasteiger partial charge in [0.25, 0.3) is 0 Å². The molecule has 8 heteroatoms. The van der Waals surface area contributed by atoms with Crippen LogP contribution in [0.5, 0.6) is 0 Å². The van der Waals surface area contributed by atoms with Crippen molar-refractivity contribution < 1.29 is 8.42 Å². The van der Waals surface area contributed by atoms with E-state index in [1.54, 1.807) is 12.1 Å². The minimum absolute atomic E-state index is 0.0294. The van der Waals surface area contributed by atoms with Gasteiger partial charge in [0, 0.05) is 8.95 Å². The van der Waals surface area contributed by atoms with Gasteiger partial charge in [0.2, 0.25) is 10.0 Å². The molecule has 0 saturated carbocycles. The maximum Gasteiger partial charge on any atom is 0.242 e. The summed E-state index contributed by atoms with van der Waals surface area (Å²) in [5.74, 6) is -0.0294. The average molecular weight is 430 g/mol. The summed E-state index contributed by atoms with van der Waals surface area (Å²) >= 11 is 11.4. The normalized spacial score (nSPS) is 13.5. The lowest BCUT2D eigenvalue weighted by Gasteiger charge is -2.21. The van der Waals surface area contributed by atoms with Crippen molar-refractivity contribution in [3.05, 3.63) is 27.1 Å². The Hall–Kier alpha value is -0.0200. The van der Waals surface area contributed by atoms with Crippen molar-refractivity contribution in [2.24, 2.45) is 11.7 Å². The number of halogens is 2. The van der Waals surface area contributed by atoms with Crippen LogP contribution in [0.15, 0.2) is 32.0 Å². The Morgan fingerprint density at radius 3 is 2.42 bits per heavy atom. The van der Waals surface area contributed by atoms with E-state index in [2.05, 4.69) is 36.6 Å². The molecule has 1 aromatic carbocycles. The van der Waals surface area contributed by atoms with Gasteiger partial charge in [0.1, 0.15) is 0 Å². The number of nitrogens with two attached hydrogens (primary N) is 1. The zero-order chi connectivity index (χ0) is 14.8. The summed E-state index contributed by atoms with van der Waals surface area (Å²) in [6, 6.07) is 4.34. The molecule has 1 aromatic rings. The number of sulfonamides is 1. The number of hydrogen-bond donors (Lipinski definition) is 2. The first-order valence-electron chi connectivity index (χ1n) is 5.42. The highest BCUT2D eigenvalue weighted by atomic mass is 79.9. The van der Waals surface area contributed by atoms with Crippen LogP contribution in [0.25, 0.3) is 0 Å². The monoisotopic (exact) mass is 428 g/mol. The molecule has 0 aliphatic rings. The summed E-state index contributed by atoms with van der Waals surface area (Å²) in [4.78, 5) is 0.272. The van der Waals surface area contributed by atoms with Crippen LogP contribution in [0.1, 0.15) is 13.8 Å². The smallest absolute Gasteiger partial charge is 0.242 e. The van der Waals surface area contributed by atoms with Gasteiger partial charge < -0.3 is 5.73 Å². The molecule has 0 aromatic heterocycles. The summed E-state index contributed by atoms with van der Waals surface area (Å²) in [5.41, 5.74) is 5.57. The lowest BCUT2D eigenvalue weighted by molar-refractivity contribution is 0.526. The minimum atomic E-state index is -3.70. The Balaban J connectivity index is 3.17. The number of nitrogens with one attached hydrogen (secondary N) is 1. The number of thiocarbonyl (C=S) groups is 1. The molecular weight excluding hydrogens is 416 g/mol. The van der Waals surface area contributed by atoms with Crippen molar-refractivity contribution >= 4 is 59.1 Å². The highest BCUT2D eigenvalue weighted by Crippen LogP contribution is 2.26. The molecule has 4 nitrogen and oxygen atoms in total. The third-order valence-electron chi connectivity index (χ3n) is 2.44. The predicted octanol–water partition coefficient (Wildman–Crippen LogP) is 2.80. The summed E-state index contributed by atoms with van der Waals surface area (Å²) in [7, 11) is -3.70. The lowest BCUT2D eigenvalue weighted by Crippen LogP contribution is -2.46. The van der Waals surface area contributed by atoms with E-state index in [0.717, 1.165) is 0 Å². The van der Waals surface area contributed by atoms with Crippen LogP contribution in [0, 0.1) is 5.92 Å². The second kappa shape index (κ2) is 6.62. The Labute approximate surface area is 135 Å². The molecule has 0 radical (unpaired) electrons. The first-order valence-corrected chi connectivity index (χ1v) is 8.89. The molecule has 0 heterocycles. The van der Waals surface area contributed by atoms with Crippen molar-refractivity contribution in [3.63, 3.8) is 0 Å². The molecule has 0 bridgehead atoms. The van der Waals surface area contributed by atoms with Crippen molar-refractivity contribution in [2.45, 2.75) is 24.8 Å². The van der Waals surface area contributed by atoms with Gasteiger partial charge in [-0.15, -0.1) is 0 Å². The van der Waals surface area contributed by atoms with Gasteiger partial charge in [-0.3, -0.25) is 0 Å². The minimum Gasteiger partial charge on any atom is -0.392 e. The topological polar surface area (TPSA) is 72.2 Å². The van der Waals surface area contributed by atoms with Gasteiger partial charge in [0.05, 0.1) is 15.9 Å². The van der Waals surface area contributed by atoms with Crippen molar-refractivity contribution in [3.8, 4) is 0 Å². The van der Waals surface area contributed by atoms with E-state index in [1.807, 2.05) is 13.8 Å². The molecule has 3 N–H and O–H groups in total. The SMILES string of the molecule is CC(C)C(NS(=O)(=O)c1cc(Br)ccc1Br)C(N)=S. The van der Waals surface area contributed by atoms with Crippen LogP contribution in [0.2, 0.25) is 0 Å². The molecule has 0 aliphatic heterocycles. The molecule has 1 unspecified atom stereocenters. The first kappa shape index (κ1) is 17.0. The summed E-state index contributed by atoms with van der Waals surface area (Å²) < 4.78 is 28.4. The zero-order valence-corrected chi connectivity index (χ0v) is 15.2. The maximum atomic E-state index is 12.3. The molecule has 0 aliphatic carbocycles. The highest BCUT2D eigenvalue weighted by molar-refractivity contribution is 9.11. The molecular formula is C11H14Br2N2O2S2. The van der Waals surface area contributed by atoms with E-state index < -0.39 is 16.1 Å². The van der Waals surface area contributed by atoms with E-state index in [0.29, 0.717) is 8.95 Å². The molecule has 0 amide bonds. The van der Waals surface area contributed by atoms with Gasteiger partial charge in [-0.25, -0.2) is 13.1 Å². The van der Waals surface area contributed by atoms with E-state index >= 15 is 0 Å². The van der Waals surface area contributed by atoms with Gasteiger partial charge in [-0.2, -0.15) is 0 Å². The Morgan fingerprint density at radius 2 is 1.95 bits per heavy atom. The van der Waals surface area contributed by atoms with Gasteiger partial charge in [0.15, 0.2) is 0 Å². The van der Waals surface area contributed by atoms with Crippen LogP contribution in [-0.4, -0.2) is 19.4 Å². The van der Waals surface area contributed by atoms with E-state index in [1.165, 1.54) is 6.07 Å². The van der Waals surface area contributed by atoms with Crippen LogP contribution < -0.4 is 10.5 Å². The van der Waals surface area contributed by atoms with Crippen molar-refractivity contribution in [2.75, 3.05) is 0 Å². The third-order valence-corrected chi connectivity index (χ3v) is 5.62. The van der Waals surface area contributed by atoms with Gasteiger partial charge in [-0.1, -0.05) is 42.0 Å². The Morgan fingerprint density at radius 1 is 1.37 bits per heavy atom. The van der Waals surface area contributed by atoms with Crippen LogP contribution in [0.4, 0.5) is 0 Å². The largest absolute Gasteiger partial charge is 0.392 e. The molecule has 0 spiro atoms. The highest BCUT2D eigenvalue weighted by Gasteiger charge is 2.26. The van der Waals surface area contributed by atoms with Gasteiger partial charge in [-0.05, 0) is 40.0 Å². The first-order chi connectivity index (χ1) is 8.65. The summed E-state index contributed by atoms with van der Waals surface area (Å²) in [6.07, 6.45) is 0. The fraction of sp³-hybridized carbons (Fsp3) is 0.364. The molecule has 1 rings (SSSR count). The average Bonchev–Trinajstić information content (AvgIpc) is 2.28. The molecule has 0 saturated heterocycles. The standard InChI is InChI=1S/C11H14Br2N2O2S2/c1-6(2)10(11(14)18)15-19(16,17)9-5-7(12)3-4-8(9)13/h3-6,10,15H,1-2H3,(H2,14,18). The fourth-order valence-electron chi connectivity index (χ4n) is 1.44. The van der Waals surface area contributed by atoms with E-state index in [9.17, 15) is 8.42 Å². The molecule has 0 fully saturated rings. The molecule has 106 valence electrons. The molecule has 1 atom stereocenters. The molecule has 19 heavy (non-hydrogen) atoms. The number of benzene rings is 1. The van der Waals surface area contributed by atoms with Crippen molar-refractivity contribution in [1.29, 1.82) is 0 Å². The van der Waals surface area contributed by atoms with Crippen molar-refractivity contribution in [1.82, 2.24) is 4.72 Å². The Bertz CT molecular complexity index is 588. The fourth-order valence-corrected chi connectivity index (χ4v) is 4.71. The zero-order valence-electron chi connectivity index (χ0n) is 10.4. The second-order valence-corrected chi connectivity index (χ2v) is 8.24. The quantitative estimate of drug-likeness (QED) is 0.706. The Kier molecular flexibility index (Phi) is 5.94. The van der Waals surface area contributed by atoms with E-state index in [4.69, 9.17) is 18.0 Å². The number of hydrogen-bond acceptors (Lipinski definition) is 3. The summed E-state index contributed by atoms with van der Waals surface area (Å²) in [5, 5.41) is 0. The second-order valence-electron chi connectivity index (χ2n) is 4.32.